The first-order valence-corrected chi connectivity index (χ1v) is 6.81. The molecule has 1 aromatic carbocycles. The zero-order valence-corrected chi connectivity index (χ0v) is 11.3. The summed E-state index contributed by atoms with van der Waals surface area (Å²) in [6, 6.07) is 10.2. The lowest BCUT2D eigenvalue weighted by molar-refractivity contribution is -0.138. The van der Waals surface area contributed by atoms with Crippen LogP contribution in [0.25, 0.3) is 11.3 Å². The molecule has 1 unspecified atom stereocenters. The number of aromatic amines is 1. The van der Waals surface area contributed by atoms with Crippen LogP contribution in [-0.4, -0.2) is 33.6 Å². The van der Waals surface area contributed by atoms with Gasteiger partial charge in [-0.05, 0) is 12.8 Å². The van der Waals surface area contributed by atoms with Crippen LogP contribution in [0.4, 0.5) is 5.95 Å². The molecule has 2 aromatic rings. The molecule has 1 aromatic heterocycles. The van der Waals surface area contributed by atoms with Gasteiger partial charge in [0.25, 0.3) is 5.56 Å². The average Bonchev–Trinajstić information content (AvgIpc) is 2.97. The lowest BCUT2D eigenvalue weighted by Gasteiger charge is -2.22. The van der Waals surface area contributed by atoms with Crippen molar-refractivity contribution in [1.82, 2.24) is 9.97 Å². The van der Waals surface area contributed by atoms with Crippen molar-refractivity contribution in [3.05, 3.63) is 46.8 Å². The molecule has 2 heterocycles. The highest BCUT2D eigenvalue weighted by Crippen LogP contribution is 2.24. The monoisotopic (exact) mass is 285 g/mol. The second-order valence-corrected chi connectivity index (χ2v) is 5.01. The van der Waals surface area contributed by atoms with Gasteiger partial charge in [0.15, 0.2) is 0 Å². The van der Waals surface area contributed by atoms with Gasteiger partial charge in [0, 0.05) is 18.2 Å². The molecule has 0 saturated carbocycles. The van der Waals surface area contributed by atoms with Crippen molar-refractivity contribution in [2.75, 3.05) is 11.4 Å². The highest BCUT2D eigenvalue weighted by molar-refractivity contribution is 5.78. The molecule has 0 spiro atoms. The van der Waals surface area contributed by atoms with Crippen LogP contribution >= 0.6 is 0 Å². The minimum Gasteiger partial charge on any atom is -0.480 e. The topological polar surface area (TPSA) is 86.3 Å². The highest BCUT2D eigenvalue weighted by atomic mass is 16.4. The SMILES string of the molecule is O=C(O)C1CCCN1c1nc(-c2ccccc2)cc(=O)[nH]1. The van der Waals surface area contributed by atoms with Gasteiger partial charge in [-0.3, -0.25) is 9.78 Å². The number of carbonyl (C=O) groups is 1. The van der Waals surface area contributed by atoms with Crippen LogP contribution in [0.1, 0.15) is 12.8 Å². The first-order chi connectivity index (χ1) is 10.1. The smallest absolute Gasteiger partial charge is 0.326 e. The van der Waals surface area contributed by atoms with Crippen molar-refractivity contribution >= 4 is 11.9 Å². The molecule has 1 aliphatic rings. The summed E-state index contributed by atoms with van der Waals surface area (Å²) in [4.78, 5) is 31.8. The maximum Gasteiger partial charge on any atom is 0.326 e. The molecule has 1 saturated heterocycles. The molecule has 1 atom stereocenters. The van der Waals surface area contributed by atoms with Crippen molar-refractivity contribution in [1.29, 1.82) is 0 Å². The van der Waals surface area contributed by atoms with E-state index in [1.807, 2.05) is 30.3 Å². The molecule has 21 heavy (non-hydrogen) atoms. The van der Waals surface area contributed by atoms with Gasteiger partial charge in [0.1, 0.15) is 6.04 Å². The van der Waals surface area contributed by atoms with Gasteiger partial charge in [-0.15, -0.1) is 0 Å². The minimum absolute atomic E-state index is 0.283. The number of hydrogen-bond donors (Lipinski definition) is 2. The van der Waals surface area contributed by atoms with E-state index in [1.54, 1.807) is 4.90 Å². The number of rotatable bonds is 3. The molecule has 1 fully saturated rings. The van der Waals surface area contributed by atoms with Crippen molar-refractivity contribution < 1.29 is 9.90 Å². The third kappa shape index (κ3) is 2.65. The molecule has 0 amide bonds. The van der Waals surface area contributed by atoms with Gasteiger partial charge in [0.2, 0.25) is 5.95 Å². The molecule has 0 radical (unpaired) electrons. The van der Waals surface area contributed by atoms with Crippen LogP contribution in [0, 0.1) is 0 Å². The van der Waals surface area contributed by atoms with Gasteiger partial charge in [-0.25, -0.2) is 9.78 Å². The van der Waals surface area contributed by atoms with E-state index in [2.05, 4.69) is 9.97 Å². The normalized spacial score (nSPS) is 17.9. The van der Waals surface area contributed by atoms with Crippen LogP contribution in [0.2, 0.25) is 0 Å². The number of carboxylic acids is 1. The third-order valence-corrected chi connectivity index (χ3v) is 3.61. The van der Waals surface area contributed by atoms with Gasteiger partial charge in [0.05, 0.1) is 5.69 Å². The van der Waals surface area contributed by atoms with E-state index in [4.69, 9.17) is 0 Å². The van der Waals surface area contributed by atoms with Crippen LogP contribution in [0.3, 0.4) is 0 Å². The zero-order chi connectivity index (χ0) is 14.8. The predicted molar refractivity (Wildman–Crippen MR) is 78.3 cm³/mol. The Hall–Kier alpha value is -2.63. The van der Waals surface area contributed by atoms with Crippen molar-refractivity contribution in [2.45, 2.75) is 18.9 Å². The summed E-state index contributed by atoms with van der Waals surface area (Å²) in [6.45, 7) is 0.581. The number of aliphatic carboxylic acids is 1. The Morgan fingerprint density at radius 2 is 2.10 bits per heavy atom. The lowest BCUT2D eigenvalue weighted by atomic mass is 10.1. The third-order valence-electron chi connectivity index (χ3n) is 3.61. The molecule has 1 aliphatic heterocycles. The second kappa shape index (κ2) is 5.40. The van der Waals surface area contributed by atoms with E-state index in [0.717, 1.165) is 12.0 Å². The minimum atomic E-state index is -0.889. The maximum atomic E-state index is 11.8. The first-order valence-electron chi connectivity index (χ1n) is 6.81. The Bertz CT molecular complexity index is 712. The summed E-state index contributed by atoms with van der Waals surface area (Å²) in [5.41, 5.74) is 1.09. The van der Waals surface area contributed by atoms with E-state index in [-0.39, 0.29) is 5.56 Å². The fourth-order valence-electron chi connectivity index (χ4n) is 2.61. The summed E-state index contributed by atoms with van der Waals surface area (Å²) < 4.78 is 0. The molecule has 3 rings (SSSR count). The number of aromatic nitrogens is 2. The summed E-state index contributed by atoms with van der Waals surface area (Å²) in [6.07, 6.45) is 1.34. The van der Waals surface area contributed by atoms with E-state index < -0.39 is 12.0 Å². The number of anilines is 1. The first kappa shape index (κ1) is 13.4. The van der Waals surface area contributed by atoms with Gasteiger partial charge < -0.3 is 10.0 Å². The zero-order valence-electron chi connectivity index (χ0n) is 11.3. The summed E-state index contributed by atoms with van der Waals surface area (Å²) in [5, 5.41) is 9.24. The largest absolute Gasteiger partial charge is 0.480 e. The number of hydrogen-bond acceptors (Lipinski definition) is 4. The number of carboxylic acid groups (broad SMARTS) is 1. The predicted octanol–water partition coefficient (Wildman–Crippen LogP) is 1.49. The Balaban J connectivity index is 2.02. The fourth-order valence-corrected chi connectivity index (χ4v) is 2.61. The number of benzene rings is 1. The Labute approximate surface area is 121 Å². The maximum absolute atomic E-state index is 11.8. The molecule has 0 bridgehead atoms. The molecule has 108 valence electrons. The van der Waals surface area contributed by atoms with Crippen molar-refractivity contribution in [2.24, 2.45) is 0 Å². The summed E-state index contributed by atoms with van der Waals surface area (Å²) in [5.74, 6) is -0.563. The van der Waals surface area contributed by atoms with Crippen molar-refractivity contribution in [3.63, 3.8) is 0 Å². The molecule has 6 nitrogen and oxygen atoms in total. The van der Waals surface area contributed by atoms with E-state index >= 15 is 0 Å². The number of nitrogens with one attached hydrogen (secondary N) is 1. The molecular formula is C15H15N3O3. The average molecular weight is 285 g/mol. The fraction of sp³-hybridized carbons (Fsp3) is 0.267. The van der Waals surface area contributed by atoms with Crippen molar-refractivity contribution in [3.8, 4) is 11.3 Å². The van der Waals surface area contributed by atoms with E-state index in [0.29, 0.717) is 24.6 Å². The summed E-state index contributed by atoms with van der Waals surface area (Å²) >= 11 is 0. The second-order valence-electron chi connectivity index (χ2n) is 5.01. The van der Waals surface area contributed by atoms with Crippen LogP contribution in [-0.2, 0) is 4.79 Å². The summed E-state index contributed by atoms with van der Waals surface area (Å²) in [7, 11) is 0. The number of H-pyrrole nitrogens is 1. The van der Waals surface area contributed by atoms with Gasteiger partial charge in [-0.2, -0.15) is 0 Å². The van der Waals surface area contributed by atoms with Crippen LogP contribution < -0.4 is 10.5 Å². The Kier molecular flexibility index (Phi) is 3.43. The standard InChI is InChI=1S/C15H15N3O3/c19-13-9-11(10-5-2-1-3-6-10)16-15(17-13)18-8-4-7-12(18)14(20)21/h1-3,5-6,9,12H,4,7-8H2,(H,20,21)(H,16,17,19). The van der Waals surface area contributed by atoms with E-state index in [1.165, 1.54) is 6.07 Å². The van der Waals surface area contributed by atoms with E-state index in [9.17, 15) is 14.7 Å². The van der Waals surface area contributed by atoms with Gasteiger partial charge in [-0.1, -0.05) is 30.3 Å². The van der Waals surface area contributed by atoms with Crippen LogP contribution in [0.15, 0.2) is 41.2 Å². The van der Waals surface area contributed by atoms with Crippen LogP contribution in [0.5, 0.6) is 0 Å². The Morgan fingerprint density at radius 1 is 1.33 bits per heavy atom. The number of nitrogens with zero attached hydrogens (tertiary/aromatic N) is 2. The quantitative estimate of drug-likeness (QED) is 0.892. The molecule has 0 aliphatic carbocycles. The van der Waals surface area contributed by atoms with Gasteiger partial charge >= 0.3 is 5.97 Å². The lowest BCUT2D eigenvalue weighted by Crippen LogP contribution is -2.38. The molecule has 2 N–H and O–H groups in total. The highest BCUT2D eigenvalue weighted by Gasteiger charge is 2.32. The molecular weight excluding hydrogens is 270 g/mol. The molecule has 6 heteroatoms. The Morgan fingerprint density at radius 3 is 2.81 bits per heavy atom.